The fourth-order valence-electron chi connectivity index (χ4n) is 4.54. The maximum Gasteiger partial charge on any atom is 0.216 e. The lowest BCUT2D eigenvalue weighted by atomic mass is 9.83. The number of piperidine rings is 1. The molecular formula is C19H29N3O2. The molecule has 4 aliphatic rings. The van der Waals surface area contributed by atoms with Crippen LogP contribution >= 0.6 is 0 Å². The predicted molar refractivity (Wildman–Crippen MR) is 93.3 cm³/mol. The van der Waals surface area contributed by atoms with Crippen molar-refractivity contribution in [2.75, 3.05) is 26.3 Å². The zero-order valence-electron chi connectivity index (χ0n) is 14.4. The zero-order valence-corrected chi connectivity index (χ0v) is 14.4. The molecule has 5 heteroatoms. The lowest BCUT2D eigenvalue weighted by molar-refractivity contribution is -0.0267. The molecule has 2 atom stereocenters. The van der Waals surface area contributed by atoms with Gasteiger partial charge in [0.25, 0.3) is 0 Å². The smallest absolute Gasteiger partial charge is 0.216 e. The molecular weight excluding hydrogens is 302 g/mol. The van der Waals surface area contributed by atoms with Gasteiger partial charge in [0.15, 0.2) is 0 Å². The van der Waals surface area contributed by atoms with Crippen LogP contribution in [0.2, 0.25) is 0 Å². The summed E-state index contributed by atoms with van der Waals surface area (Å²) in [5, 5.41) is 0. The van der Waals surface area contributed by atoms with Gasteiger partial charge in [0.1, 0.15) is 6.61 Å². The van der Waals surface area contributed by atoms with Gasteiger partial charge < -0.3 is 15.2 Å². The summed E-state index contributed by atoms with van der Waals surface area (Å²) in [6, 6.07) is 4.75. The van der Waals surface area contributed by atoms with Gasteiger partial charge in [0.05, 0.1) is 12.7 Å². The number of pyridine rings is 1. The van der Waals surface area contributed by atoms with E-state index in [9.17, 15) is 0 Å². The monoisotopic (exact) mass is 331 g/mol. The van der Waals surface area contributed by atoms with E-state index in [0.717, 1.165) is 64.1 Å². The molecule has 0 unspecified atom stereocenters. The van der Waals surface area contributed by atoms with Crippen molar-refractivity contribution in [2.45, 2.75) is 62.6 Å². The molecule has 4 heterocycles. The van der Waals surface area contributed by atoms with E-state index in [1.54, 1.807) is 0 Å². The second-order valence-electron chi connectivity index (χ2n) is 7.46. The van der Waals surface area contributed by atoms with Gasteiger partial charge in [-0.1, -0.05) is 6.07 Å². The van der Waals surface area contributed by atoms with Crippen molar-refractivity contribution in [3.63, 3.8) is 0 Å². The Labute approximate surface area is 144 Å². The van der Waals surface area contributed by atoms with Crippen LogP contribution < -0.4 is 10.5 Å². The molecule has 1 aromatic rings. The van der Waals surface area contributed by atoms with Crippen LogP contribution in [0.3, 0.4) is 0 Å². The average Bonchev–Trinajstić information content (AvgIpc) is 2.64. The number of hydrogen-bond donors (Lipinski definition) is 1. The molecule has 3 aliphatic heterocycles. The maximum absolute atomic E-state index is 6.40. The molecule has 5 nitrogen and oxygen atoms in total. The molecule has 5 rings (SSSR count). The topological polar surface area (TPSA) is 60.6 Å². The largest absolute Gasteiger partial charge is 0.476 e. The van der Waals surface area contributed by atoms with Crippen LogP contribution in [0.1, 0.15) is 50.0 Å². The van der Waals surface area contributed by atoms with E-state index in [-0.39, 0.29) is 6.04 Å². The van der Waals surface area contributed by atoms with Crippen molar-refractivity contribution in [3.05, 3.63) is 23.9 Å². The van der Waals surface area contributed by atoms with Crippen molar-refractivity contribution in [1.82, 2.24) is 9.88 Å². The van der Waals surface area contributed by atoms with Gasteiger partial charge in [-0.3, -0.25) is 4.90 Å². The molecule has 2 fully saturated rings. The first-order valence-corrected chi connectivity index (χ1v) is 9.50. The summed E-state index contributed by atoms with van der Waals surface area (Å²) < 4.78 is 12.4. The molecule has 132 valence electrons. The van der Waals surface area contributed by atoms with Gasteiger partial charge in [-0.25, -0.2) is 4.98 Å². The Morgan fingerprint density at radius 1 is 1.12 bits per heavy atom. The van der Waals surface area contributed by atoms with Crippen LogP contribution in [0.15, 0.2) is 18.3 Å². The van der Waals surface area contributed by atoms with Crippen LogP contribution in [0.4, 0.5) is 0 Å². The molecule has 0 aromatic carbocycles. The molecule has 2 bridgehead atoms. The Bertz CT molecular complexity index is 545. The lowest BCUT2D eigenvalue weighted by Gasteiger charge is -2.40. The van der Waals surface area contributed by atoms with Crippen LogP contribution in [0, 0.1) is 0 Å². The van der Waals surface area contributed by atoms with Crippen molar-refractivity contribution < 1.29 is 9.47 Å². The number of nitrogens with two attached hydrogens (primary N) is 1. The highest BCUT2D eigenvalue weighted by Crippen LogP contribution is 2.37. The summed E-state index contributed by atoms with van der Waals surface area (Å²) >= 11 is 0. The van der Waals surface area contributed by atoms with Crippen LogP contribution in [0.25, 0.3) is 0 Å². The van der Waals surface area contributed by atoms with Gasteiger partial charge in [-0.05, 0) is 57.1 Å². The Morgan fingerprint density at radius 2 is 2.00 bits per heavy atom. The second kappa shape index (κ2) is 7.38. The first-order chi connectivity index (χ1) is 11.8. The minimum atomic E-state index is 0.214. The Balaban J connectivity index is 1.56. The third kappa shape index (κ3) is 3.44. The van der Waals surface area contributed by atoms with E-state index in [0.29, 0.717) is 24.7 Å². The lowest BCUT2D eigenvalue weighted by Crippen LogP contribution is -2.55. The van der Waals surface area contributed by atoms with E-state index >= 15 is 0 Å². The van der Waals surface area contributed by atoms with Gasteiger partial charge in [0, 0.05) is 30.4 Å². The van der Waals surface area contributed by atoms with Crippen LogP contribution in [-0.4, -0.2) is 54.4 Å². The molecule has 1 aromatic heterocycles. The van der Waals surface area contributed by atoms with Crippen molar-refractivity contribution >= 4 is 0 Å². The van der Waals surface area contributed by atoms with E-state index in [2.05, 4.69) is 16.0 Å². The van der Waals surface area contributed by atoms with E-state index in [4.69, 9.17) is 15.2 Å². The highest BCUT2D eigenvalue weighted by molar-refractivity contribution is 5.30. The Morgan fingerprint density at radius 3 is 2.88 bits per heavy atom. The normalized spacial score (nSPS) is 34.9. The molecule has 2 N–H and O–H groups in total. The van der Waals surface area contributed by atoms with Gasteiger partial charge >= 0.3 is 0 Å². The summed E-state index contributed by atoms with van der Waals surface area (Å²) in [7, 11) is 0. The summed E-state index contributed by atoms with van der Waals surface area (Å²) in [5.41, 5.74) is 7.68. The SMILES string of the molecule is N[C@H]1CCCN2CCOc3ncccc3[C@H]3CC[C@H](CC3)OC[C@@H]12. The van der Waals surface area contributed by atoms with E-state index in [1.165, 1.54) is 5.56 Å². The third-order valence-electron chi connectivity index (χ3n) is 5.98. The van der Waals surface area contributed by atoms with Crippen LogP contribution in [-0.2, 0) is 4.74 Å². The number of nitrogens with zero attached hydrogens (tertiary/aromatic N) is 2. The standard InChI is InChI=1S/C19H29N3O2/c20-17-4-2-10-22-11-12-23-19-16(3-1-9-21-19)14-5-7-15(8-6-14)24-13-18(17)22/h1,3,9,14-15,17-18H,2,4-8,10-13,20H2/t14-,15+,17-,18-/m0/s1. The van der Waals surface area contributed by atoms with E-state index < -0.39 is 0 Å². The summed E-state index contributed by atoms with van der Waals surface area (Å²) in [5.74, 6) is 1.39. The third-order valence-corrected chi connectivity index (χ3v) is 5.98. The fourth-order valence-corrected chi connectivity index (χ4v) is 4.54. The molecule has 1 aliphatic carbocycles. The predicted octanol–water partition coefficient (Wildman–Crippen LogP) is 2.31. The van der Waals surface area contributed by atoms with Crippen molar-refractivity contribution in [2.24, 2.45) is 5.73 Å². The molecule has 0 radical (unpaired) electrons. The average molecular weight is 331 g/mol. The molecule has 24 heavy (non-hydrogen) atoms. The van der Waals surface area contributed by atoms with E-state index in [1.807, 2.05) is 12.3 Å². The first-order valence-electron chi connectivity index (χ1n) is 9.50. The number of aromatic nitrogens is 1. The van der Waals surface area contributed by atoms with Gasteiger partial charge in [-0.2, -0.15) is 0 Å². The van der Waals surface area contributed by atoms with Crippen molar-refractivity contribution in [3.8, 4) is 5.88 Å². The number of hydrogen-bond acceptors (Lipinski definition) is 5. The minimum absolute atomic E-state index is 0.214. The molecule has 0 amide bonds. The fraction of sp³-hybridized carbons (Fsp3) is 0.737. The number of rotatable bonds is 0. The molecule has 1 saturated carbocycles. The minimum Gasteiger partial charge on any atom is -0.476 e. The maximum atomic E-state index is 6.40. The number of ether oxygens (including phenoxy) is 2. The van der Waals surface area contributed by atoms with Crippen molar-refractivity contribution in [1.29, 1.82) is 0 Å². The quantitative estimate of drug-likeness (QED) is 0.790. The number of fused-ring (bicyclic) bond motifs is 5. The van der Waals surface area contributed by atoms with Gasteiger partial charge in [-0.15, -0.1) is 0 Å². The Kier molecular flexibility index (Phi) is 5.01. The second-order valence-corrected chi connectivity index (χ2v) is 7.46. The summed E-state index contributed by atoms with van der Waals surface area (Å²) in [4.78, 5) is 6.97. The highest BCUT2D eigenvalue weighted by atomic mass is 16.5. The zero-order chi connectivity index (χ0) is 16.4. The Hall–Kier alpha value is -1.17. The van der Waals surface area contributed by atoms with Crippen LogP contribution in [0.5, 0.6) is 5.88 Å². The summed E-state index contributed by atoms with van der Waals surface area (Å²) in [6.07, 6.45) is 9.06. The highest BCUT2D eigenvalue weighted by Gasteiger charge is 2.32. The van der Waals surface area contributed by atoms with Gasteiger partial charge in [0.2, 0.25) is 5.88 Å². The molecule has 1 saturated heterocycles. The summed E-state index contributed by atoms with van der Waals surface area (Å²) in [6.45, 7) is 3.42. The first kappa shape index (κ1) is 16.3. The molecule has 0 spiro atoms.